The lowest BCUT2D eigenvalue weighted by atomic mass is 9.94. The summed E-state index contributed by atoms with van der Waals surface area (Å²) >= 11 is 0. The molecule has 0 amide bonds. The third-order valence-corrected chi connectivity index (χ3v) is 4.11. The second-order valence-corrected chi connectivity index (χ2v) is 5.66. The highest BCUT2D eigenvalue weighted by Gasteiger charge is 2.17. The Morgan fingerprint density at radius 3 is 2.43 bits per heavy atom. The van der Waals surface area contributed by atoms with Crippen molar-refractivity contribution >= 4 is 10.8 Å². The highest BCUT2D eigenvalue weighted by atomic mass is 16.1. The number of fused-ring (bicyclic) bond motifs is 1. The predicted molar refractivity (Wildman–Crippen MR) is 91.9 cm³/mol. The van der Waals surface area contributed by atoms with Crippen molar-refractivity contribution < 1.29 is 0 Å². The van der Waals surface area contributed by atoms with Crippen molar-refractivity contribution in [3.05, 3.63) is 70.1 Å². The molecule has 0 radical (unpaired) electrons. The molecule has 23 heavy (non-hydrogen) atoms. The second-order valence-electron chi connectivity index (χ2n) is 5.66. The molecule has 0 fully saturated rings. The number of hydrogen-bond donors (Lipinski definition) is 1. The number of aromatic nitrogens is 1. The van der Waals surface area contributed by atoms with Gasteiger partial charge in [-0.15, -0.1) is 0 Å². The van der Waals surface area contributed by atoms with Crippen LogP contribution in [0.25, 0.3) is 21.9 Å². The normalized spacial score (nSPS) is 12.1. The van der Waals surface area contributed by atoms with Crippen molar-refractivity contribution in [1.82, 2.24) is 4.57 Å². The molecule has 0 aliphatic heterocycles. The first-order valence-corrected chi connectivity index (χ1v) is 7.42. The van der Waals surface area contributed by atoms with Crippen molar-refractivity contribution in [1.29, 1.82) is 5.26 Å². The number of pyridine rings is 1. The molecule has 0 saturated heterocycles. The van der Waals surface area contributed by atoms with Gasteiger partial charge in [0.15, 0.2) is 0 Å². The summed E-state index contributed by atoms with van der Waals surface area (Å²) < 4.78 is 1.41. The van der Waals surface area contributed by atoms with E-state index in [1.54, 1.807) is 13.1 Å². The van der Waals surface area contributed by atoms with Crippen LogP contribution in [0.2, 0.25) is 0 Å². The van der Waals surface area contributed by atoms with Gasteiger partial charge in [-0.25, -0.2) is 0 Å². The fraction of sp³-hybridized carbons (Fsp3) is 0.158. The molecule has 0 bridgehead atoms. The van der Waals surface area contributed by atoms with Gasteiger partial charge in [-0.3, -0.25) is 4.79 Å². The number of rotatable bonds is 2. The Kier molecular flexibility index (Phi) is 3.73. The highest BCUT2D eigenvalue weighted by Crippen LogP contribution is 2.31. The van der Waals surface area contributed by atoms with E-state index in [2.05, 4.69) is 6.07 Å². The zero-order chi connectivity index (χ0) is 16.6. The van der Waals surface area contributed by atoms with Crippen LogP contribution in [-0.4, -0.2) is 4.57 Å². The average molecular weight is 303 g/mol. The van der Waals surface area contributed by atoms with Crippen LogP contribution in [0.5, 0.6) is 0 Å². The smallest absolute Gasteiger partial charge is 0.259 e. The molecule has 2 N–H and O–H groups in total. The highest BCUT2D eigenvalue weighted by molar-refractivity contribution is 5.98. The van der Waals surface area contributed by atoms with Crippen LogP contribution in [0.4, 0.5) is 0 Å². The van der Waals surface area contributed by atoms with E-state index in [1.807, 2.05) is 49.4 Å². The van der Waals surface area contributed by atoms with Gasteiger partial charge in [0, 0.05) is 24.0 Å². The molecule has 0 spiro atoms. The standard InChI is InChI=1S/C19H17N3O/c1-12(21)14-8-9-15-16(10-14)18(13-6-4-3-5-7-13)17(11-20)22(2)19(15)23/h3-10,12H,21H2,1-2H3. The van der Waals surface area contributed by atoms with Gasteiger partial charge >= 0.3 is 0 Å². The summed E-state index contributed by atoms with van der Waals surface area (Å²) in [6, 6.07) is 17.3. The average Bonchev–Trinajstić information content (AvgIpc) is 2.58. The predicted octanol–water partition coefficient (Wildman–Crippen LogP) is 3.10. The van der Waals surface area contributed by atoms with Crippen LogP contribution >= 0.6 is 0 Å². The Hall–Kier alpha value is -2.90. The summed E-state index contributed by atoms with van der Waals surface area (Å²) in [6.45, 7) is 1.90. The van der Waals surface area contributed by atoms with Gasteiger partial charge in [-0.1, -0.05) is 36.4 Å². The number of nitrogens with two attached hydrogens (primary N) is 1. The third-order valence-electron chi connectivity index (χ3n) is 4.11. The lowest BCUT2D eigenvalue weighted by Crippen LogP contribution is -2.21. The minimum Gasteiger partial charge on any atom is -0.324 e. The van der Waals surface area contributed by atoms with E-state index in [0.29, 0.717) is 11.1 Å². The first-order valence-electron chi connectivity index (χ1n) is 7.42. The molecule has 1 unspecified atom stereocenters. The Morgan fingerprint density at radius 1 is 1.13 bits per heavy atom. The Morgan fingerprint density at radius 2 is 1.83 bits per heavy atom. The first-order chi connectivity index (χ1) is 11.0. The van der Waals surface area contributed by atoms with Gasteiger partial charge in [0.25, 0.3) is 5.56 Å². The number of benzene rings is 2. The van der Waals surface area contributed by atoms with Gasteiger partial charge < -0.3 is 10.3 Å². The summed E-state index contributed by atoms with van der Waals surface area (Å²) in [6.07, 6.45) is 0. The molecule has 0 aliphatic carbocycles. The molecule has 114 valence electrons. The Bertz CT molecular complexity index is 979. The zero-order valence-electron chi connectivity index (χ0n) is 13.1. The topological polar surface area (TPSA) is 71.8 Å². The molecule has 3 aromatic rings. The largest absolute Gasteiger partial charge is 0.324 e. The number of nitriles is 1. The first kappa shape index (κ1) is 15.0. The van der Waals surface area contributed by atoms with E-state index in [0.717, 1.165) is 22.1 Å². The lowest BCUT2D eigenvalue weighted by Gasteiger charge is -2.15. The van der Waals surface area contributed by atoms with Crippen molar-refractivity contribution in [3.8, 4) is 17.2 Å². The van der Waals surface area contributed by atoms with Gasteiger partial charge in [0.2, 0.25) is 0 Å². The molecule has 4 heteroatoms. The van der Waals surface area contributed by atoms with Gasteiger partial charge in [-0.05, 0) is 35.6 Å². The third kappa shape index (κ3) is 2.41. The molecule has 0 saturated carbocycles. The lowest BCUT2D eigenvalue weighted by molar-refractivity contribution is 0.819. The quantitative estimate of drug-likeness (QED) is 0.790. The number of nitrogens with zero attached hydrogens (tertiary/aromatic N) is 2. The zero-order valence-corrected chi connectivity index (χ0v) is 13.1. The van der Waals surface area contributed by atoms with E-state index in [9.17, 15) is 10.1 Å². The monoisotopic (exact) mass is 303 g/mol. The second kappa shape index (κ2) is 5.71. The van der Waals surface area contributed by atoms with E-state index >= 15 is 0 Å². The van der Waals surface area contributed by atoms with E-state index < -0.39 is 0 Å². The molecule has 1 atom stereocenters. The maximum atomic E-state index is 12.6. The maximum Gasteiger partial charge on any atom is 0.259 e. The molecule has 3 rings (SSSR count). The van der Waals surface area contributed by atoms with E-state index in [1.165, 1.54) is 4.57 Å². The van der Waals surface area contributed by atoms with Crippen LogP contribution in [0, 0.1) is 11.3 Å². The SMILES string of the molecule is CC(N)c1ccc2c(=O)n(C)c(C#N)c(-c3ccccc3)c2c1. The van der Waals surface area contributed by atoms with Crippen molar-refractivity contribution in [3.63, 3.8) is 0 Å². The minimum absolute atomic E-state index is 0.141. The van der Waals surface area contributed by atoms with Crippen LogP contribution in [-0.2, 0) is 7.05 Å². The molecular weight excluding hydrogens is 286 g/mol. The molecule has 0 aliphatic rings. The molecule has 4 nitrogen and oxygen atoms in total. The summed E-state index contributed by atoms with van der Waals surface area (Å²) in [7, 11) is 1.63. The molecule has 1 heterocycles. The van der Waals surface area contributed by atoms with Crippen molar-refractivity contribution in [2.75, 3.05) is 0 Å². The molecular formula is C19H17N3O. The number of hydrogen-bond acceptors (Lipinski definition) is 3. The van der Waals surface area contributed by atoms with Crippen LogP contribution in [0.1, 0.15) is 24.2 Å². The summed E-state index contributed by atoms with van der Waals surface area (Å²) in [5.74, 6) is 0. The van der Waals surface area contributed by atoms with Crippen molar-refractivity contribution in [2.45, 2.75) is 13.0 Å². The van der Waals surface area contributed by atoms with Gasteiger partial charge in [-0.2, -0.15) is 5.26 Å². The van der Waals surface area contributed by atoms with E-state index in [4.69, 9.17) is 5.73 Å². The van der Waals surface area contributed by atoms with Crippen molar-refractivity contribution in [2.24, 2.45) is 12.8 Å². The fourth-order valence-corrected chi connectivity index (χ4v) is 2.84. The fourth-order valence-electron chi connectivity index (χ4n) is 2.84. The Balaban J connectivity index is 2.53. The van der Waals surface area contributed by atoms with Gasteiger partial charge in [0.1, 0.15) is 11.8 Å². The van der Waals surface area contributed by atoms with Crippen LogP contribution in [0.3, 0.4) is 0 Å². The van der Waals surface area contributed by atoms with E-state index in [-0.39, 0.29) is 11.6 Å². The molecule has 2 aromatic carbocycles. The van der Waals surface area contributed by atoms with Crippen LogP contribution in [0.15, 0.2) is 53.3 Å². The van der Waals surface area contributed by atoms with Gasteiger partial charge in [0.05, 0.1) is 0 Å². The van der Waals surface area contributed by atoms with Crippen LogP contribution < -0.4 is 11.3 Å². The maximum absolute atomic E-state index is 12.6. The summed E-state index contributed by atoms with van der Waals surface area (Å²) in [4.78, 5) is 12.6. The molecule has 1 aromatic heterocycles. The summed E-state index contributed by atoms with van der Waals surface area (Å²) in [5, 5.41) is 11.0. The summed E-state index contributed by atoms with van der Waals surface area (Å²) in [5.41, 5.74) is 8.78. The Labute approximate surface area is 134 Å². The minimum atomic E-state index is -0.174.